The highest BCUT2D eigenvalue weighted by Crippen LogP contribution is 2.52. The lowest BCUT2D eigenvalue weighted by Crippen LogP contribution is -2.29. The quantitative estimate of drug-likeness (QED) is 0.627. The van der Waals surface area contributed by atoms with Crippen molar-refractivity contribution in [1.82, 2.24) is 0 Å². The molecule has 0 aromatic carbocycles. The summed E-state index contributed by atoms with van der Waals surface area (Å²) in [7, 11) is 0. The predicted octanol–water partition coefficient (Wildman–Crippen LogP) is 4.43. The summed E-state index contributed by atoms with van der Waals surface area (Å²) >= 11 is 0. The van der Waals surface area contributed by atoms with E-state index in [1.165, 1.54) is 57.1 Å². The second kappa shape index (κ2) is 3.78. The summed E-state index contributed by atoms with van der Waals surface area (Å²) in [4.78, 5) is 0. The van der Waals surface area contributed by atoms with E-state index in [-0.39, 0.29) is 0 Å². The molecule has 1 saturated heterocycles. The van der Waals surface area contributed by atoms with Crippen molar-refractivity contribution in [1.29, 1.82) is 0 Å². The van der Waals surface area contributed by atoms with Gasteiger partial charge in [-0.15, -0.1) is 0 Å². The molecule has 16 heavy (non-hydrogen) atoms. The van der Waals surface area contributed by atoms with E-state index in [1.807, 2.05) is 0 Å². The maximum Gasteiger partial charge on any atom is 0.155 e. The SMILES string of the molecule is CC(C)(C1=C2OC2CCC1)C1CCCCC1. The smallest absolute Gasteiger partial charge is 0.155 e. The van der Waals surface area contributed by atoms with Crippen LogP contribution in [0, 0.1) is 11.3 Å². The van der Waals surface area contributed by atoms with Crippen LogP contribution in [0.25, 0.3) is 0 Å². The van der Waals surface area contributed by atoms with Crippen LogP contribution in [-0.2, 0) is 4.74 Å². The Labute approximate surface area is 99.3 Å². The van der Waals surface area contributed by atoms with E-state index in [9.17, 15) is 0 Å². The maximum absolute atomic E-state index is 5.75. The molecule has 1 nitrogen and oxygen atoms in total. The fourth-order valence-electron chi connectivity index (χ4n) is 3.87. The van der Waals surface area contributed by atoms with Crippen LogP contribution in [0.4, 0.5) is 0 Å². The Morgan fingerprint density at radius 2 is 1.75 bits per heavy atom. The first-order valence-electron chi connectivity index (χ1n) is 7.10. The molecule has 0 bridgehead atoms. The van der Waals surface area contributed by atoms with Gasteiger partial charge in [-0.25, -0.2) is 0 Å². The van der Waals surface area contributed by atoms with E-state index in [2.05, 4.69) is 13.8 Å². The van der Waals surface area contributed by atoms with Gasteiger partial charge in [0.05, 0.1) is 0 Å². The molecule has 90 valence electrons. The molecule has 1 atom stereocenters. The Morgan fingerprint density at radius 3 is 2.50 bits per heavy atom. The van der Waals surface area contributed by atoms with E-state index in [0.717, 1.165) is 5.92 Å². The standard InChI is InChI=1S/C15H24O/c1-15(2,11-7-4-3-5-8-11)12-9-6-10-13-14(12)16-13/h11,13H,3-10H2,1-2H3. The molecular weight excluding hydrogens is 196 g/mol. The van der Waals surface area contributed by atoms with Crippen LogP contribution in [0.2, 0.25) is 0 Å². The molecule has 2 aliphatic carbocycles. The van der Waals surface area contributed by atoms with Crippen molar-refractivity contribution in [2.45, 2.75) is 71.3 Å². The van der Waals surface area contributed by atoms with Crippen LogP contribution in [0.1, 0.15) is 65.2 Å². The van der Waals surface area contributed by atoms with E-state index in [0.29, 0.717) is 11.5 Å². The molecule has 1 heteroatoms. The van der Waals surface area contributed by atoms with Crippen molar-refractivity contribution in [3.05, 3.63) is 11.3 Å². The molecule has 3 aliphatic rings. The summed E-state index contributed by atoms with van der Waals surface area (Å²) in [6.07, 6.45) is 11.7. The average molecular weight is 220 g/mol. The molecule has 0 N–H and O–H groups in total. The summed E-state index contributed by atoms with van der Waals surface area (Å²) in [6, 6.07) is 0. The normalized spacial score (nSPS) is 31.0. The predicted molar refractivity (Wildman–Crippen MR) is 66.1 cm³/mol. The highest BCUT2D eigenvalue weighted by molar-refractivity contribution is 5.30. The minimum atomic E-state index is 0.408. The van der Waals surface area contributed by atoms with Gasteiger partial charge in [-0.1, -0.05) is 33.1 Å². The molecule has 1 heterocycles. The number of hydrogen-bond acceptors (Lipinski definition) is 1. The molecule has 0 spiro atoms. The van der Waals surface area contributed by atoms with Gasteiger partial charge in [-0.05, 0) is 49.0 Å². The first-order chi connectivity index (χ1) is 7.69. The van der Waals surface area contributed by atoms with Gasteiger partial charge in [-0.2, -0.15) is 0 Å². The Morgan fingerprint density at radius 1 is 1.00 bits per heavy atom. The van der Waals surface area contributed by atoms with Crippen LogP contribution in [0.3, 0.4) is 0 Å². The minimum Gasteiger partial charge on any atom is -0.483 e. The Kier molecular flexibility index (Phi) is 2.53. The number of epoxide rings is 1. The van der Waals surface area contributed by atoms with Crippen LogP contribution >= 0.6 is 0 Å². The third kappa shape index (κ3) is 1.69. The van der Waals surface area contributed by atoms with Gasteiger partial charge < -0.3 is 4.74 Å². The fraction of sp³-hybridized carbons (Fsp3) is 0.867. The van der Waals surface area contributed by atoms with E-state index >= 15 is 0 Å². The molecule has 0 amide bonds. The van der Waals surface area contributed by atoms with Crippen molar-refractivity contribution < 1.29 is 4.74 Å². The van der Waals surface area contributed by atoms with Crippen molar-refractivity contribution in [3.63, 3.8) is 0 Å². The Bertz CT molecular complexity index is 307. The topological polar surface area (TPSA) is 12.5 Å². The van der Waals surface area contributed by atoms with E-state index < -0.39 is 0 Å². The van der Waals surface area contributed by atoms with Crippen molar-refractivity contribution in [2.24, 2.45) is 11.3 Å². The molecule has 0 aromatic heterocycles. The monoisotopic (exact) mass is 220 g/mol. The lowest BCUT2D eigenvalue weighted by Gasteiger charge is -2.39. The van der Waals surface area contributed by atoms with Crippen LogP contribution in [0.5, 0.6) is 0 Å². The minimum absolute atomic E-state index is 0.408. The Balaban J connectivity index is 1.81. The van der Waals surface area contributed by atoms with Gasteiger partial charge >= 0.3 is 0 Å². The first-order valence-corrected chi connectivity index (χ1v) is 7.10. The van der Waals surface area contributed by atoms with Gasteiger partial charge in [0.25, 0.3) is 0 Å². The molecule has 1 unspecified atom stereocenters. The van der Waals surface area contributed by atoms with Crippen molar-refractivity contribution >= 4 is 0 Å². The van der Waals surface area contributed by atoms with Crippen LogP contribution in [0.15, 0.2) is 11.3 Å². The summed E-state index contributed by atoms with van der Waals surface area (Å²) in [6.45, 7) is 4.94. The number of hydrogen-bond donors (Lipinski definition) is 0. The zero-order valence-electron chi connectivity index (χ0n) is 10.7. The molecule has 0 aromatic rings. The summed E-state index contributed by atoms with van der Waals surface area (Å²) in [5, 5.41) is 0. The zero-order valence-corrected chi connectivity index (χ0v) is 10.7. The van der Waals surface area contributed by atoms with E-state index in [1.54, 1.807) is 5.57 Å². The highest BCUT2D eigenvalue weighted by Gasteiger charge is 2.45. The largest absolute Gasteiger partial charge is 0.483 e. The molecular formula is C15H24O. The van der Waals surface area contributed by atoms with Crippen LogP contribution in [-0.4, -0.2) is 6.10 Å². The van der Waals surface area contributed by atoms with E-state index in [4.69, 9.17) is 4.74 Å². The van der Waals surface area contributed by atoms with Gasteiger partial charge in [0.1, 0.15) is 5.76 Å². The zero-order chi connectivity index (χ0) is 11.2. The van der Waals surface area contributed by atoms with Crippen molar-refractivity contribution in [2.75, 3.05) is 0 Å². The van der Waals surface area contributed by atoms with Crippen LogP contribution < -0.4 is 0 Å². The lowest BCUT2D eigenvalue weighted by molar-refractivity contribution is 0.189. The molecule has 1 aliphatic heterocycles. The van der Waals surface area contributed by atoms with Crippen molar-refractivity contribution in [3.8, 4) is 0 Å². The first kappa shape index (κ1) is 10.7. The average Bonchev–Trinajstić information content (AvgIpc) is 3.08. The molecule has 2 fully saturated rings. The molecule has 0 radical (unpaired) electrons. The number of allylic oxidation sites excluding steroid dienone is 1. The summed E-state index contributed by atoms with van der Waals surface area (Å²) in [5.74, 6) is 2.30. The second-order valence-electron chi connectivity index (χ2n) is 6.40. The van der Waals surface area contributed by atoms with Gasteiger partial charge in [-0.3, -0.25) is 0 Å². The number of ether oxygens (including phenoxy) is 1. The lowest BCUT2D eigenvalue weighted by atomic mass is 9.65. The maximum atomic E-state index is 5.75. The summed E-state index contributed by atoms with van der Waals surface area (Å²) in [5.41, 5.74) is 2.08. The number of rotatable bonds is 2. The highest BCUT2D eigenvalue weighted by atomic mass is 16.6. The number of fused-ring (bicyclic) bond motifs is 1. The fourth-order valence-corrected chi connectivity index (χ4v) is 3.87. The third-order valence-corrected chi connectivity index (χ3v) is 5.10. The van der Waals surface area contributed by atoms with Gasteiger partial charge in [0.15, 0.2) is 6.10 Å². The molecule has 1 saturated carbocycles. The second-order valence-corrected chi connectivity index (χ2v) is 6.40. The summed E-state index contributed by atoms with van der Waals surface area (Å²) < 4.78 is 5.75. The Hall–Kier alpha value is -0.460. The third-order valence-electron chi connectivity index (χ3n) is 5.10. The van der Waals surface area contributed by atoms with Gasteiger partial charge in [0, 0.05) is 0 Å². The molecule has 3 rings (SSSR count). The van der Waals surface area contributed by atoms with Gasteiger partial charge in [0.2, 0.25) is 0 Å².